The van der Waals surface area contributed by atoms with Crippen LogP contribution in [0.5, 0.6) is 0 Å². The van der Waals surface area contributed by atoms with E-state index in [0.29, 0.717) is 19.0 Å². The molecule has 170 valence electrons. The van der Waals surface area contributed by atoms with Gasteiger partial charge in [0.05, 0.1) is 0 Å². The molecule has 2 heterocycles. The van der Waals surface area contributed by atoms with Gasteiger partial charge in [0.25, 0.3) is 0 Å². The topological polar surface area (TPSA) is 75.6 Å². The molecule has 0 aliphatic carbocycles. The lowest BCUT2D eigenvalue weighted by atomic mass is 10.0. The highest BCUT2D eigenvalue weighted by atomic mass is 16.6. The molecule has 2 atom stereocenters. The first-order valence-electron chi connectivity index (χ1n) is 11.2. The number of likely N-dealkylation sites (tertiary alicyclic amines) is 1. The molecule has 1 aliphatic rings. The Morgan fingerprint density at radius 1 is 1.26 bits per heavy atom. The highest BCUT2D eigenvalue weighted by molar-refractivity contribution is 5.88. The molecule has 2 N–H and O–H groups in total. The first kappa shape index (κ1) is 23.1. The number of para-hydroxylation sites is 1. The van der Waals surface area contributed by atoms with E-state index in [4.69, 9.17) is 4.74 Å². The lowest BCUT2D eigenvalue weighted by Gasteiger charge is -2.26. The molecule has 31 heavy (non-hydrogen) atoms. The Morgan fingerprint density at radius 2 is 2.00 bits per heavy atom. The maximum absolute atomic E-state index is 13.1. The molecule has 7 heteroatoms. The molecule has 0 unspecified atom stereocenters. The van der Waals surface area contributed by atoms with E-state index in [0.717, 1.165) is 42.4 Å². The predicted octanol–water partition coefficient (Wildman–Crippen LogP) is 3.21. The number of aromatic nitrogens is 1. The summed E-state index contributed by atoms with van der Waals surface area (Å²) in [4.78, 5) is 28.0. The van der Waals surface area contributed by atoms with Gasteiger partial charge in [-0.1, -0.05) is 25.1 Å². The molecule has 1 aromatic carbocycles. The molecule has 1 aromatic heterocycles. The van der Waals surface area contributed by atoms with Gasteiger partial charge in [-0.15, -0.1) is 0 Å². The van der Waals surface area contributed by atoms with Crippen LogP contribution in [0.25, 0.3) is 10.9 Å². The summed E-state index contributed by atoms with van der Waals surface area (Å²) in [7, 11) is 1.99. The number of carbonyl (C=O) groups excluding carboxylic acids is 2. The number of hydrogen-bond acceptors (Lipinski definition) is 4. The molecule has 3 rings (SSSR count). The largest absolute Gasteiger partial charge is 0.444 e. The van der Waals surface area contributed by atoms with Crippen LogP contribution in [0.1, 0.15) is 46.1 Å². The van der Waals surface area contributed by atoms with Crippen LogP contribution < -0.4 is 10.6 Å². The SMILES string of the molecule is CCN1CCC[C@H]1CNC(=O)[C@@H](Cc1cn(C)c2ccccc12)NC(=O)OC(C)(C)C. The zero-order chi connectivity index (χ0) is 22.6. The summed E-state index contributed by atoms with van der Waals surface area (Å²) in [6.45, 7) is 10.2. The minimum absolute atomic E-state index is 0.179. The van der Waals surface area contributed by atoms with Gasteiger partial charge in [-0.25, -0.2) is 4.79 Å². The first-order chi connectivity index (χ1) is 14.7. The summed E-state index contributed by atoms with van der Waals surface area (Å²) in [5.41, 5.74) is 1.49. The number of ether oxygens (including phenoxy) is 1. The second-order valence-corrected chi connectivity index (χ2v) is 9.36. The van der Waals surface area contributed by atoms with Gasteiger partial charge in [0, 0.05) is 43.2 Å². The standard InChI is InChI=1S/C24H36N4O3/c1-6-28-13-9-10-18(28)15-25-22(29)20(26-23(30)31-24(2,3)4)14-17-16-27(5)21-12-8-7-11-19(17)21/h7-8,11-12,16,18,20H,6,9-10,13-15H2,1-5H3,(H,25,29)(H,26,30)/t18-,20+/m0/s1. The molecule has 1 saturated heterocycles. The molecular weight excluding hydrogens is 392 g/mol. The number of fused-ring (bicyclic) bond motifs is 1. The van der Waals surface area contributed by atoms with Gasteiger partial charge in [0.1, 0.15) is 11.6 Å². The van der Waals surface area contributed by atoms with Crippen LogP contribution in [0.3, 0.4) is 0 Å². The minimum Gasteiger partial charge on any atom is -0.444 e. The van der Waals surface area contributed by atoms with Crippen LogP contribution in [-0.2, 0) is 23.0 Å². The number of amides is 2. The molecule has 0 spiro atoms. The van der Waals surface area contributed by atoms with Crippen LogP contribution in [0.15, 0.2) is 30.5 Å². The molecule has 2 amide bonds. The summed E-state index contributed by atoms with van der Waals surface area (Å²) in [6.07, 6.45) is 4.08. The van der Waals surface area contributed by atoms with Crippen molar-refractivity contribution >= 4 is 22.9 Å². The number of likely N-dealkylation sites (N-methyl/N-ethyl adjacent to an activating group) is 1. The van der Waals surface area contributed by atoms with E-state index in [1.807, 2.05) is 56.8 Å². The van der Waals surface area contributed by atoms with Crippen LogP contribution in [0.2, 0.25) is 0 Å². The van der Waals surface area contributed by atoms with Crippen LogP contribution in [-0.4, -0.2) is 58.8 Å². The summed E-state index contributed by atoms with van der Waals surface area (Å²) in [5.74, 6) is -0.179. The summed E-state index contributed by atoms with van der Waals surface area (Å²) in [6, 6.07) is 7.72. The van der Waals surface area contributed by atoms with Gasteiger partial charge in [0.2, 0.25) is 5.91 Å². The number of rotatable bonds is 7. The van der Waals surface area contributed by atoms with Crippen LogP contribution in [0, 0.1) is 0 Å². The second-order valence-electron chi connectivity index (χ2n) is 9.36. The molecule has 7 nitrogen and oxygen atoms in total. The Balaban J connectivity index is 1.75. The Hall–Kier alpha value is -2.54. The van der Waals surface area contributed by atoms with Gasteiger partial charge >= 0.3 is 6.09 Å². The quantitative estimate of drug-likeness (QED) is 0.710. The normalized spacial score (nSPS) is 18.2. The first-order valence-corrected chi connectivity index (χ1v) is 11.2. The van der Waals surface area contributed by atoms with E-state index >= 15 is 0 Å². The molecule has 0 bridgehead atoms. The predicted molar refractivity (Wildman–Crippen MR) is 123 cm³/mol. The zero-order valence-corrected chi connectivity index (χ0v) is 19.4. The summed E-state index contributed by atoms with van der Waals surface area (Å²) < 4.78 is 7.46. The lowest BCUT2D eigenvalue weighted by molar-refractivity contribution is -0.123. The van der Waals surface area contributed by atoms with Crippen molar-refractivity contribution in [2.75, 3.05) is 19.6 Å². The van der Waals surface area contributed by atoms with E-state index in [2.05, 4.69) is 28.5 Å². The molecule has 0 saturated carbocycles. The Labute approximate surface area is 185 Å². The van der Waals surface area contributed by atoms with Crippen molar-refractivity contribution in [3.63, 3.8) is 0 Å². The van der Waals surface area contributed by atoms with Crippen molar-refractivity contribution in [2.45, 2.75) is 64.6 Å². The third-order valence-electron chi connectivity index (χ3n) is 5.83. The Morgan fingerprint density at radius 3 is 2.71 bits per heavy atom. The average Bonchev–Trinajstić information content (AvgIpc) is 3.28. The number of nitrogens with one attached hydrogen (secondary N) is 2. The molecule has 1 aliphatic heterocycles. The van der Waals surface area contributed by atoms with Crippen LogP contribution in [0.4, 0.5) is 4.79 Å². The number of aryl methyl sites for hydroxylation is 1. The third kappa shape index (κ3) is 6.00. The van der Waals surface area contributed by atoms with Crippen molar-refractivity contribution in [3.05, 3.63) is 36.0 Å². The van der Waals surface area contributed by atoms with Gasteiger partial charge in [-0.2, -0.15) is 0 Å². The van der Waals surface area contributed by atoms with Gasteiger partial charge in [-0.05, 0) is 58.3 Å². The van der Waals surface area contributed by atoms with Crippen LogP contribution >= 0.6 is 0 Å². The van der Waals surface area contributed by atoms with E-state index in [-0.39, 0.29) is 5.91 Å². The maximum Gasteiger partial charge on any atom is 0.408 e. The zero-order valence-electron chi connectivity index (χ0n) is 19.4. The Kier molecular flexibility index (Phi) is 7.26. The number of carbonyl (C=O) groups is 2. The Bertz CT molecular complexity index is 915. The van der Waals surface area contributed by atoms with E-state index in [9.17, 15) is 9.59 Å². The van der Waals surface area contributed by atoms with Gasteiger partial charge in [0.15, 0.2) is 0 Å². The number of nitrogens with zero attached hydrogens (tertiary/aromatic N) is 2. The number of alkyl carbamates (subject to hydrolysis) is 1. The monoisotopic (exact) mass is 428 g/mol. The van der Waals surface area contributed by atoms with E-state index < -0.39 is 17.7 Å². The lowest BCUT2D eigenvalue weighted by Crippen LogP contribution is -2.51. The number of hydrogen-bond donors (Lipinski definition) is 2. The van der Waals surface area contributed by atoms with Crippen molar-refractivity contribution in [1.29, 1.82) is 0 Å². The highest BCUT2D eigenvalue weighted by Gasteiger charge is 2.28. The second kappa shape index (κ2) is 9.73. The highest BCUT2D eigenvalue weighted by Crippen LogP contribution is 2.22. The fraction of sp³-hybridized carbons (Fsp3) is 0.583. The maximum atomic E-state index is 13.1. The average molecular weight is 429 g/mol. The van der Waals surface area contributed by atoms with Crippen molar-refractivity contribution < 1.29 is 14.3 Å². The third-order valence-corrected chi connectivity index (χ3v) is 5.83. The van der Waals surface area contributed by atoms with Crippen molar-refractivity contribution in [3.8, 4) is 0 Å². The molecular formula is C24H36N4O3. The molecule has 0 radical (unpaired) electrons. The van der Waals surface area contributed by atoms with Crippen molar-refractivity contribution in [2.24, 2.45) is 7.05 Å². The fourth-order valence-corrected chi connectivity index (χ4v) is 4.35. The number of benzene rings is 1. The van der Waals surface area contributed by atoms with E-state index in [1.165, 1.54) is 0 Å². The van der Waals surface area contributed by atoms with Gasteiger partial charge in [-0.3, -0.25) is 9.69 Å². The fourth-order valence-electron chi connectivity index (χ4n) is 4.35. The molecule has 2 aromatic rings. The molecule has 1 fully saturated rings. The van der Waals surface area contributed by atoms with Crippen molar-refractivity contribution in [1.82, 2.24) is 20.1 Å². The minimum atomic E-state index is -0.711. The van der Waals surface area contributed by atoms with Gasteiger partial charge < -0.3 is 19.9 Å². The van der Waals surface area contributed by atoms with E-state index in [1.54, 1.807) is 0 Å². The summed E-state index contributed by atoms with van der Waals surface area (Å²) >= 11 is 0. The smallest absolute Gasteiger partial charge is 0.408 e. The summed E-state index contributed by atoms with van der Waals surface area (Å²) in [5, 5.41) is 6.96.